The normalized spacial score (nSPS) is 23.2. The first kappa shape index (κ1) is 17.2. The second-order valence-electron chi connectivity index (χ2n) is 7.02. The van der Waals surface area contributed by atoms with E-state index in [0.29, 0.717) is 17.5 Å². The topological polar surface area (TPSA) is 120 Å². The SMILES string of the molecule is CC1=N/C(=N/O)C(=N)C(N)=C1Cc1ccc(Br)c(N2CC3(COC3)C2)n1. The summed E-state index contributed by atoms with van der Waals surface area (Å²) < 4.78 is 6.28. The number of hydrogen-bond donors (Lipinski definition) is 3. The maximum atomic E-state index is 8.93. The minimum absolute atomic E-state index is 0.0678. The molecule has 3 aliphatic rings. The summed E-state index contributed by atoms with van der Waals surface area (Å²) in [6.07, 6.45) is 0.463. The van der Waals surface area contributed by atoms with Crippen LogP contribution < -0.4 is 10.6 Å². The summed E-state index contributed by atoms with van der Waals surface area (Å²) in [6, 6.07) is 3.92. The molecule has 0 unspecified atom stereocenters. The van der Waals surface area contributed by atoms with Crippen LogP contribution in [0.25, 0.3) is 0 Å². The molecule has 2 fully saturated rings. The number of allylic oxidation sites excluding steroid dienone is 1. The molecule has 3 aliphatic heterocycles. The van der Waals surface area contributed by atoms with Crippen LogP contribution in [-0.4, -0.2) is 53.8 Å². The average Bonchev–Trinajstić information content (AvgIpc) is 2.54. The molecule has 0 saturated carbocycles. The number of nitrogens with zero attached hydrogens (tertiary/aromatic N) is 4. The van der Waals surface area contributed by atoms with Gasteiger partial charge in [0.2, 0.25) is 5.84 Å². The Morgan fingerprint density at radius 1 is 1.42 bits per heavy atom. The van der Waals surface area contributed by atoms with Crippen molar-refractivity contribution in [2.45, 2.75) is 13.3 Å². The van der Waals surface area contributed by atoms with E-state index in [1.165, 1.54) is 0 Å². The third-order valence-electron chi connectivity index (χ3n) is 5.03. The monoisotopic (exact) mass is 418 g/mol. The molecule has 8 nitrogen and oxygen atoms in total. The van der Waals surface area contributed by atoms with Gasteiger partial charge in [-0.15, -0.1) is 0 Å². The van der Waals surface area contributed by atoms with Crippen LogP contribution in [0.15, 0.2) is 38.0 Å². The molecular weight excluding hydrogens is 400 g/mol. The number of rotatable bonds is 3. The molecular formula is C17H19BrN6O2. The number of nitrogens with one attached hydrogen (secondary N) is 1. The highest BCUT2D eigenvalue weighted by Gasteiger charge is 2.49. The molecule has 0 atom stereocenters. The van der Waals surface area contributed by atoms with Gasteiger partial charge in [-0.25, -0.2) is 9.98 Å². The summed E-state index contributed by atoms with van der Waals surface area (Å²) in [5, 5.41) is 19.9. The number of amidine groups is 1. The summed E-state index contributed by atoms with van der Waals surface area (Å²) in [7, 11) is 0. The molecule has 0 amide bonds. The van der Waals surface area contributed by atoms with Crippen molar-refractivity contribution in [2.24, 2.45) is 21.3 Å². The first-order valence-electron chi connectivity index (χ1n) is 8.26. The highest BCUT2D eigenvalue weighted by molar-refractivity contribution is 9.10. The van der Waals surface area contributed by atoms with Crippen molar-refractivity contribution in [2.75, 3.05) is 31.2 Å². The summed E-state index contributed by atoms with van der Waals surface area (Å²) in [5.74, 6) is 0.846. The molecule has 4 N–H and O–H groups in total. The first-order valence-corrected chi connectivity index (χ1v) is 9.05. The number of oxime groups is 1. The highest BCUT2D eigenvalue weighted by Crippen LogP contribution is 2.41. The van der Waals surface area contributed by atoms with E-state index < -0.39 is 0 Å². The molecule has 4 rings (SSSR count). The van der Waals surface area contributed by atoms with Gasteiger partial charge in [-0.3, -0.25) is 5.41 Å². The van der Waals surface area contributed by atoms with Crippen molar-refractivity contribution in [1.29, 1.82) is 5.41 Å². The van der Waals surface area contributed by atoms with Gasteiger partial charge in [0, 0.05) is 36.5 Å². The standard InChI is InChI=1S/C17H19BrN6O2/c1-9-11(13(19)14(20)15(21-9)23-25)4-10-2-3-12(18)16(22-10)24-5-17(6-24)7-26-8-17/h2-3,20,25H,4-8,19H2,1H3/b20-14?,23-15+. The molecule has 136 valence electrons. The van der Waals surface area contributed by atoms with Crippen LogP contribution in [-0.2, 0) is 11.2 Å². The Morgan fingerprint density at radius 3 is 2.77 bits per heavy atom. The van der Waals surface area contributed by atoms with E-state index in [4.69, 9.17) is 26.1 Å². The van der Waals surface area contributed by atoms with Gasteiger partial charge in [0.05, 0.1) is 28.8 Å². The largest absolute Gasteiger partial charge is 0.409 e. The van der Waals surface area contributed by atoms with Crippen molar-refractivity contribution >= 4 is 39.0 Å². The fourth-order valence-electron chi connectivity index (χ4n) is 3.50. The average molecular weight is 419 g/mol. The van der Waals surface area contributed by atoms with E-state index in [-0.39, 0.29) is 17.2 Å². The van der Waals surface area contributed by atoms with E-state index >= 15 is 0 Å². The zero-order valence-electron chi connectivity index (χ0n) is 14.3. The van der Waals surface area contributed by atoms with Crippen LogP contribution in [0.2, 0.25) is 0 Å². The highest BCUT2D eigenvalue weighted by atomic mass is 79.9. The Labute approximate surface area is 159 Å². The minimum atomic E-state index is -0.0693. The summed E-state index contributed by atoms with van der Waals surface area (Å²) in [5.41, 5.74) is 8.80. The molecule has 0 aromatic carbocycles. The summed E-state index contributed by atoms with van der Waals surface area (Å²) in [4.78, 5) is 11.2. The Bertz CT molecular complexity index is 879. The van der Waals surface area contributed by atoms with Gasteiger partial charge in [0.25, 0.3) is 0 Å². The smallest absolute Gasteiger partial charge is 0.218 e. The maximum Gasteiger partial charge on any atom is 0.218 e. The van der Waals surface area contributed by atoms with E-state index in [1.54, 1.807) is 6.92 Å². The van der Waals surface area contributed by atoms with Crippen LogP contribution >= 0.6 is 15.9 Å². The van der Waals surface area contributed by atoms with Gasteiger partial charge in [-0.2, -0.15) is 0 Å². The van der Waals surface area contributed by atoms with Crippen LogP contribution in [0.3, 0.4) is 0 Å². The van der Waals surface area contributed by atoms with Gasteiger partial charge in [0.15, 0.2) is 0 Å². The lowest BCUT2D eigenvalue weighted by Crippen LogP contribution is -2.66. The van der Waals surface area contributed by atoms with Gasteiger partial charge in [-0.1, -0.05) is 5.16 Å². The molecule has 1 aromatic rings. The number of hydrogen-bond acceptors (Lipinski definition) is 7. The molecule has 0 aliphatic carbocycles. The fraction of sp³-hybridized carbons (Fsp3) is 0.412. The van der Waals surface area contributed by atoms with Crippen LogP contribution in [0, 0.1) is 10.8 Å². The zero-order valence-corrected chi connectivity index (χ0v) is 15.9. The lowest BCUT2D eigenvalue weighted by molar-refractivity contribution is -0.127. The lowest BCUT2D eigenvalue weighted by Gasteiger charge is -2.55. The Hall–Kier alpha value is -2.26. The quantitative estimate of drug-likeness (QED) is 0.509. The first-order chi connectivity index (χ1) is 12.4. The number of anilines is 1. The second kappa shape index (κ2) is 6.17. The number of halogens is 1. The molecule has 26 heavy (non-hydrogen) atoms. The van der Waals surface area contributed by atoms with E-state index in [1.807, 2.05) is 12.1 Å². The Kier molecular flexibility index (Phi) is 4.07. The van der Waals surface area contributed by atoms with Gasteiger partial charge in [0.1, 0.15) is 11.5 Å². The van der Waals surface area contributed by atoms with Crippen LogP contribution in [0.5, 0.6) is 0 Å². The molecule has 0 radical (unpaired) electrons. The van der Waals surface area contributed by atoms with Crippen molar-refractivity contribution in [3.8, 4) is 0 Å². The Balaban J connectivity index is 1.57. The summed E-state index contributed by atoms with van der Waals surface area (Å²) in [6.45, 7) is 5.35. The number of dihydropyridines is 1. The lowest BCUT2D eigenvalue weighted by atomic mass is 9.78. The second-order valence-corrected chi connectivity index (χ2v) is 7.88. The van der Waals surface area contributed by atoms with E-state index in [2.05, 4.69) is 31.0 Å². The summed E-state index contributed by atoms with van der Waals surface area (Å²) >= 11 is 3.59. The number of ether oxygens (including phenoxy) is 1. The van der Waals surface area contributed by atoms with Crippen LogP contribution in [0.1, 0.15) is 12.6 Å². The predicted octanol–water partition coefficient (Wildman–Crippen LogP) is 1.72. The third-order valence-corrected chi connectivity index (χ3v) is 5.65. The van der Waals surface area contributed by atoms with Crippen molar-refractivity contribution in [1.82, 2.24) is 4.98 Å². The number of aromatic nitrogens is 1. The molecule has 1 spiro atoms. The number of aliphatic imine (C=N–C) groups is 1. The molecule has 2 saturated heterocycles. The zero-order chi connectivity index (χ0) is 18.5. The van der Waals surface area contributed by atoms with Gasteiger partial charge in [-0.05, 0) is 35.0 Å². The molecule has 9 heteroatoms. The van der Waals surface area contributed by atoms with E-state index in [0.717, 1.165) is 47.9 Å². The minimum Gasteiger partial charge on any atom is -0.409 e. The fourth-order valence-corrected chi connectivity index (χ4v) is 3.97. The maximum absolute atomic E-state index is 8.93. The molecule has 0 bridgehead atoms. The number of pyridine rings is 1. The van der Waals surface area contributed by atoms with Crippen molar-refractivity contribution < 1.29 is 9.94 Å². The van der Waals surface area contributed by atoms with Gasteiger partial charge < -0.3 is 20.6 Å². The van der Waals surface area contributed by atoms with E-state index in [9.17, 15) is 0 Å². The van der Waals surface area contributed by atoms with Crippen molar-refractivity contribution in [3.05, 3.63) is 33.6 Å². The Morgan fingerprint density at radius 2 is 2.15 bits per heavy atom. The predicted molar refractivity (Wildman–Crippen MR) is 102 cm³/mol. The van der Waals surface area contributed by atoms with Crippen molar-refractivity contribution in [3.63, 3.8) is 0 Å². The van der Waals surface area contributed by atoms with Crippen LogP contribution in [0.4, 0.5) is 5.82 Å². The number of nitrogens with two attached hydrogens (primary N) is 1. The van der Waals surface area contributed by atoms with Gasteiger partial charge >= 0.3 is 0 Å². The molecule has 1 aromatic heterocycles. The molecule has 4 heterocycles. The third kappa shape index (κ3) is 2.71.